The number of anilines is 1. The van der Waals surface area contributed by atoms with Crippen LogP contribution >= 0.6 is 11.6 Å². The van der Waals surface area contributed by atoms with Crippen molar-refractivity contribution in [3.05, 3.63) is 101 Å². The van der Waals surface area contributed by atoms with Crippen molar-refractivity contribution in [1.82, 2.24) is 10.2 Å². The molecule has 0 saturated carbocycles. The molecule has 3 aromatic rings. The largest absolute Gasteiger partial charge is 0.352 e. The van der Waals surface area contributed by atoms with Gasteiger partial charge in [-0.3, -0.25) is 13.9 Å². The fourth-order valence-corrected chi connectivity index (χ4v) is 5.73. The molecule has 0 heterocycles. The monoisotopic (exact) mass is 583 g/mol. The van der Waals surface area contributed by atoms with Crippen LogP contribution in [0.2, 0.25) is 5.02 Å². The van der Waals surface area contributed by atoms with Gasteiger partial charge in [0.2, 0.25) is 21.8 Å². The second-order valence-electron chi connectivity index (χ2n) is 10.2. The number of rotatable bonds is 13. The Labute approximate surface area is 243 Å². The number of halogens is 1. The lowest BCUT2D eigenvalue weighted by Gasteiger charge is -2.32. The summed E-state index contributed by atoms with van der Waals surface area (Å²) in [5.74, 6) is -0.449. The Hall–Kier alpha value is -3.36. The fraction of sp³-hybridized carbons (Fsp3) is 0.355. The van der Waals surface area contributed by atoms with E-state index in [1.54, 1.807) is 23.1 Å². The first-order chi connectivity index (χ1) is 19.0. The summed E-state index contributed by atoms with van der Waals surface area (Å²) in [6.07, 6.45) is 1.84. The van der Waals surface area contributed by atoms with Crippen LogP contribution in [-0.2, 0) is 32.6 Å². The molecular formula is C31H38ClN3O4S. The van der Waals surface area contributed by atoms with Gasteiger partial charge in [-0.1, -0.05) is 78.3 Å². The summed E-state index contributed by atoms with van der Waals surface area (Å²) in [6, 6.07) is 23.4. The highest BCUT2D eigenvalue weighted by atomic mass is 35.5. The third-order valence-electron chi connectivity index (χ3n) is 6.49. The van der Waals surface area contributed by atoms with E-state index in [0.717, 1.165) is 22.9 Å². The number of benzene rings is 3. The maximum atomic E-state index is 13.8. The normalized spacial score (nSPS) is 12.2. The minimum absolute atomic E-state index is 0.0682. The molecule has 3 aromatic carbocycles. The van der Waals surface area contributed by atoms with Gasteiger partial charge in [-0.25, -0.2) is 8.42 Å². The second kappa shape index (κ2) is 14.3. The maximum absolute atomic E-state index is 13.8. The Morgan fingerprint density at radius 3 is 2.10 bits per heavy atom. The Kier molecular flexibility index (Phi) is 11.2. The fourth-order valence-electron chi connectivity index (χ4n) is 4.55. The molecule has 0 aromatic heterocycles. The van der Waals surface area contributed by atoms with Crippen molar-refractivity contribution in [2.24, 2.45) is 0 Å². The van der Waals surface area contributed by atoms with E-state index in [4.69, 9.17) is 11.6 Å². The van der Waals surface area contributed by atoms with Crippen LogP contribution in [0.25, 0.3) is 0 Å². The molecule has 0 bridgehead atoms. The molecule has 0 saturated heterocycles. The summed E-state index contributed by atoms with van der Waals surface area (Å²) < 4.78 is 26.7. The van der Waals surface area contributed by atoms with Crippen LogP contribution in [0.4, 0.5) is 5.69 Å². The van der Waals surface area contributed by atoms with Crippen LogP contribution in [0.1, 0.15) is 43.4 Å². The predicted octanol–water partition coefficient (Wildman–Crippen LogP) is 5.36. The van der Waals surface area contributed by atoms with Crippen molar-refractivity contribution in [2.45, 2.75) is 58.7 Å². The average molecular weight is 584 g/mol. The van der Waals surface area contributed by atoms with E-state index < -0.39 is 16.1 Å². The minimum atomic E-state index is -3.62. The van der Waals surface area contributed by atoms with E-state index in [0.29, 0.717) is 17.1 Å². The molecule has 1 N–H and O–H groups in total. The lowest BCUT2D eigenvalue weighted by Crippen LogP contribution is -2.51. The van der Waals surface area contributed by atoms with Gasteiger partial charge in [-0.15, -0.1) is 0 Å². The van der Waals surface area contributed by atoms with Gasteiger partial charge in [-0.05, 0) is 56.0 Å². The van der Waals surface area contributed by atoms with Gasteiger partial charge in [0.05, 0.1) is 11.9 Å². The highest BCUT2D eigenvalue weighted by Gasteiger charge is 2.31. The quantitative estimate of drug-likeness (QED) is 0.293. The molecule has 9 heteroatoms. The van der Waals surface area contributed by atoms with Crippen LogP contribution in [0.15, 0.2) is 78.9 Å². The van der Waals surface area contributed by atoms with E-state index in [9.17, 15) is 18.0 Å². The van der Waals surface area contributed by atoms with Crippen LogP contribution in [0.3, 0.4) is 0 Å². The summed E-state index contributed by atoms with van der Waals surface area (Å²) in [4.78, 5) is 28.9. The smallest absolute Gasteiger partial charge is 0.243 e. The maximum Gasteiger partial charge on any atom is 0.243 e. The summed E-state index contributed by atoms with van der Waals surface area (Å²) >= 11 is 6.16. The number of sulfonamides is 1. The van der Waals surface area contributed by atoms with Crippen molar-refractivity contribution in [2.75, 3.05) is 17.1 Å². The first-order valence-electron chi connectivity index (χ1n) is 13.4. The number of hydrogen-bond acceptors (Lipinski definition) is 4. The zero-order valence-corrected chi connectivity index (χ0v) is 25.1. The molecule has 0 radical (unpaired) electrons. The SMILES string of the molecule is Cc1ccc(Cl)cc1N(CCCC(=O)N(Cc1ccccc1)[C@@H](Cc1ccccc1)C(=O)NC(C)C)S(C)(=O)=O. The van der Waals surface area contributed by atoms with Crippen molar-refractivity contribution >= 4 is 39.1 Å². The van der Waals surface area contributed by atoms with Crippen molar-refractivity contribution < 1.29 is 18.0 Å². The number of carbonyl (C=O) groups is 2. The van der Waals surface area contributed by atoms with E-state index in [2.05, 4.69) is 5.32 Å². The number of nitrogens with zero attached hydrogens (tertiary/aromatic N) is 2. The molecule has 214 valence electrons. The number of hydrogen-bond donors (Lipinski definition) is 1. The third-order valence-corrected chi connectivity index (χ3v) is 7.90. The summed E-state index contributed by atoms with van der Waals surface area (Å²) in [7, 11) is -3.62. The third kappa shape index (κ3) is 9.10. The van der Waals surface area contributed by atoms with Crippen molar-refractivity contribution in [3.8, 4) is 0 Å². The summed E-state index contributed by atoms with van der Waals surface area (Å²) in [5, 5.41) is 3.41. The molecule has 0 aliphatic carbocycles. The van der Waals surface area contributed by atoms with E-state index in [-0.39, 0.29) is 43.8 Å². The molecular weight excluding hydrogens is 546 g/mol. The Morgan fingerprint density at radius 1 is 0.925 bits per heavy atom. The van der Waals surface area contributed by atoms with Crippen molar-refractivity contribution in [1.29, 1.82) is 0 Å². The number of aryl methyl sites for hydroxylation is 1. The highest BCUT2D eigenvalue weighted by Crippen LogP contribution is 2.27. The lowest BCUT2D eigenvalue weighted by molar-refractivity contribution is -0.141. The summed E-state index contributed by atoms with van der Waals surface area (Å²) in [5.41, 5.74) is 3.09. The van der Waals surface area contributed by atoms with Gasteiger partial charge in [0.25, 0.3) is 0 Å². The second-order valence-corrected chi connectivity index (χ2v) is 12.6. The molecule has 1 atom stereocenters. The molecule has 0 fully saturated rings. The molecule has 0 spiro atoms. The Balaban J connectivity index is 1.88. The predicted molar refractivity (Wildman–Crippen MR) is 162 cm³/mol. The standard InChI is InChI=1S/C31H38ClN3O4S/c1-23(2)33-31(37)29(20-25-12-7-5-8-13-25)34(22-26-14-9-6-10-15-26)30(36)16-11-19-35(40(4,38)39)28-21-27(32)18-17-24(28)3/h5-10,12-15,17-18,21,23,29H,11,16,19-20,22H2,1-4H3,(H,33,37)/t29-/m0/s1. The summed E-state index contributed by atoms with van der Waals surface area (Å²) in [6.45, 7) is 5.95. The Morgan fingerprint density at radius 2 is 1.52 bits per heavy atom. The van der Waals surface area contributed by atoms with Gasteiger partial charge in [-0.2, -0.15) is 0 Å². The molecule has 0 aliphatic rings. The lowest BCUT2D eigenvalue weighted by atomic mass is 10.0. The van der Waals surface area contributed by atoms with Gasteiger partial charge in [0.15, 0.2) is 0 Å². The van der Waals surface area contributed by atoms with Gasteiger partial charge in [0, 0.05) is 37.0 Å². The number of carbonyl (C=O) groups excluding carboxylic acids is 2. The van der Waals surface area contributed by atoms with Gasteiger partial charge in [0.1, 0.15) is 6.04 Å². The molecule has 0 unspecified atom stereocenters. The number of nitrogens with one attached hydrogen (secondary N) is 1. The average Bonchev–Trinajstić information content (AvgIpc) is 2.90. The number of amides is 2. The molecule has 3 rings (SSSR count). The van der Waals surface area contributed by atoms with Gasteiger partial charge >= 0.3 is 0 Å². The zero-order valence-electron chi connectivity index (χ0n) is 23.5. The molecule has 7 nitrogen and oxygen atoms in total. The van der Waals surface area contributed by atoms with Crippen LogP contribution in [0.5, 0.6) is 0 Å². The highest BCUT2D eigenvalue weighted by molar-refractivity contribution is 7.92. The van der Waals surface area contributed by atoms with Gasteiger partial charge < -0.3 is 10.2 Å². The molecule has 0 aliphatic heterocycles. The van der Waals surface area contributed by atoms with Crippen LogP contribution < -0.4 is 9.62 Å². The van der Waals surface area contributed by atoms with E-state index in [1.807, 2.05) is 81.4 Å². The first kappa shape index (κ1) is 31.2. The minimum Gasteiger partial charge on any atom is -0.352 e. The Bertz CT molecular complexity index is 1380. The zero-order chi connectivity index (χ0) is 29.3. The molecule has 40 heavy (non-hydrogen) atoms. The van der Waals surface area contributed by atoms with Crippen LogP contribution in [0, 0.1) is 6.92 Å². The topological polar surface area (TPSA) is 86.8 Å². The molecule has 2 amide bonds. The van der Waals surface area contributed by atoms with Crippen molar-refractivity contribution in [3.63, 3.8) is 0 Å². The van der Waals surface area contributed by atoms with E-state index >= 15 is 0 Å². The van der Waals surface area contributed by atoms with E-state index in [1.165, 1.54) is 4.31 Å². The first-order valence-corrected chi connectivity index (χ1v) is 15.6. The van der Waals surface area contributed by atoms with Crippen LogP contribution in [-0.4, -0.2) is 50.0 Å².